The standard InChI is InChI=1S/C30H49N3O7S2.C11H21NO3S/c1-3-29(28-21-26(36)9-15-31-28)42(39,40)30(33-18-12-25(35)13-19-33,14-20-32-16-10-24(34)11-17-32)22-23(2)41(37,38)27-7-5-4-6-8-27;1-3-8-16(14,15)10(2)9-12-6-4-11(13)5-7-12/h4-8,24-26,28-29,31,34-36H,2-3,9-22H2,1H3;11,13H,2-9H2,1H3. The number of benzene rings is 1. The second-order valence-corrected chi connectivity index (χ2v) is 23.3. The largest absolute Gasteiger partial charge is 0.393 e. The zero-order chi connectivity index (χ0) is 42.7. The molecule has 17 heteroatoms. The molecule has 4 heterocycles. The zero-order valence-corrected chi connectivity index (χ0v) is 37.1. The van der Waals surface area contributed by atoms with E-state index in [1.165, 1.54) is 12.1 Å². The second-order valence-electron chi connectivity index (χ2n) is 16.6. The minimum Gasteiger partial charge on any atom is -0.393 e. The molecule has 4 atom stereocenters. The predicted molar refractivity (Wildman–Crippen MR) is 228 cm³/mol. The van der Waals surface area contributed by atoms with Gasteiger partial charge in [-0.3, -0.25) is 9.80 Å². The average molecular weight is 875 g/mol. The monoisotopic (exact) mass is 874 g/mol. The molecule has 0 amide bonds. The normalized spacial score (nSPS) is 24.7. The number of sulfone groups is 3. The lowest BCUT2D eigenvalue weighted by atomic mass is 9.98. The maximum absolute atomic E-state index is 15.2. The Hall–Kier alpha value is -1.77. The third-order valence-electron chi connectivity index (χ3n) is 12.4. The van der Waals surface area contributed by atoms with Crippen molar-refractivity contribution < 1.29 is 45.7 Å². The molecule has 0 aliphatic carbocycles. The Morgan fingerprint density at radius 1 is 0.759 bits per heavy atom. The number of rotatable bonds is 17. The van der Waals surface area contributed by atoms with Crippen molar-refractivity contribution in [1.29, 1.82) is 0 Å². The highest BCUT2D eigenvalue weighted by molar-refractivity contribution is 7.96. The summed E-state index contributed by atoms with van der Waals surface area (Å²) in [7, 11) is -11.3. The van der Waals surface area contributed by atoms with Gasteiger partial charge in [0, 0.05) is 69.7 Å². The van der Waals surface area contributed by atoms with Crippen LogP contribution in [0.15, 0.2) is 58.2 Å². The number of aliphatic hydroxyl groups is 4. The van der Waals surface area contributed by atoms with Crippen molar-refractivity contribution in [2.24, 2.45) is 0 Å². The number of hydrogen-bond acceptors (Lipinski definition) is 14. The summed E-state index contributed by atoms with van der Waals surface area (Å²) in [4.78, 5) is 4.73. The molecule has 5 rings (SSSR count). The van der Waals surface area contributed by atoms with Gasteiger partial charge in [0.05, 0.1) is 45.2 Å². The van der Waals surface area contributed by atoms with Crippen LogP contribution in [-0.4, -0.2) is 166 Å². The Kier molecular flexibility index (Phi) is 18.4. The van der Waals surface area contributed by atoms with Gasteiger partial charge in [0.25, 0.3) is 0 Å². The summed E-state index contributed by atoms with van der Waals surface area (Å²) in [6.07, 6.45) is 3.35. The second kappa shape index (κ2) is 21.8. The van der Waals surface area contributed by atoms with E-state index in [-0.39, 0.29) is 40.6 Å². The van der Waals surface area contributed by atoms with E-state index in [1.54, 1.807) is 18.2 Å². The summed E-state index contributed by atoms with van der Waals surface area (Å²) in [5.74, 6) is 0.183. The van der Waals surface area contributed by atoms with Crippen LogP contribution in [0.2, 0.25) is 0 Å². The van der Waals surface area contributed by atoms with Crippen LogP contribution in [-0.2, 0) is 29.5 Å². The van der Waals surface area contributed by atoms with Gasteiger partial charge < -0.3 is 30.6 Å². The molecular formula is C41H70N4O10S3. The third kappa shape index (κ3) is 12.6. The summed E-state index contributed by atoms with van der Waals surface area (Å²) in [6, 6.07) is 7.51. The average Bonchev–Trinajstić information content (AvgIpc) is 3.19. The number of nitrogens with zero attached hydrogens (tertiary/aromatic N) is 3. The van der Waals surface area contributed by atoms with E-state index < -0.39 is 57.9 Å². The molecule has 4 aliphatic heterocycles. The molecule has 0 spiro atoms. The van der Waals surface area contributed by atoms with Crippen LogP contribution in [0.3, 0.4) is 0 Å². The van der Waals surface area contributed by atoms with Crippen molar-refractivity contribution in [1.82, 2.24) is 20.0 Å². The maximum Gasteiger partial charge on any atom is 0.202 e. The Bertz CT molecular complexity index is 1790. The van der Waals surface area contributed by atoms with E-state index in [2.05, 4.69) is 23.4 Å². The smallest absolute Gasteiger partial charge is 0.202 e. The number of nitrogens with one attached hydrogen (secondary N) is 1. The predicted octanol–water partition coefficient (Wildman–Crippen LogP) is 2.45. The van der Waals surface area contributed by atoms with Crippen LogP contribution in [0.1, 0.15) is 90.9 Å². The minimum atomic E-state index is -4.09. The lowest BCUT2D eigenvalue weighted by Gasteiger charge is -2.49. The molecule has 4 aliphatic rings. The van der Waals surface area contributed by atoms with Crippen LogP contribution in [0.25, 0.3) is 0 Å². The van der Waals surface area contributed by atoms with Gasteiger partial charge >= 0.3 is 0 Å². The van der Waals surface area contributed by atoms with Gasteiger partial charge in [0.1, 0.15) is 4.87 Å². The highest BCUT2D eigenvalue weighted by atomic mass is 32.2. The number of piperidine rings is 4. The molecule has 0 radical (unpaired) electrons. The van der Waals surface area contributed by atoms with Gasteiger partial charge in [-0.15, -0.1) is 0 Å². The maximum atomic E-state index is 15.2. The van der Waals surface area contributed by atoms with Gasteiger partial charge in [-0.1, -0.05) is 45.2 Å². The van der Waals surface area contributed by atoms with Crippen LogP contribution >= 0.6 is 0 Å². The lowest BCUT2D eigenvalue weighted by molar-refractivity contribution is 0.0340. The minimum absolute atomic E-state index is 0.0736. The number of aliphatic hydroxyl groups excluding tert-OH is 4. The third-order valence-corrected chi connectivity index (χ3v) is 19.3. The zero-order valence-electron chi connectivity index (χ0n) is 34.6. The van der Waals surface area contributed by atoms with E-state index >= 15 is 8.42 Å². The van der Waals surface area contributed by atoms with E-state index in [0.29, 0.717) is 102 Å². The van der Waals surface area contributed by atoms with Crippen LogP contribution in [0.4, 0.5) is 0 Å². The molecule has 4 saturated heterocycles. The van der Waals surface area contributed by atoms with Crippen molar-refractivity contribution in [2.75, 3.05) is 64.7 Å². The Morgan fingerprint density at radius 3 is 1.81 bits per heavy atom. The van der Waals surface area contributed by atoms with Crippen molar-refractivity contribution in [2.45, 2.75) is 136 Å². The molecule has 14 nitrogen and oxygen atoms in total. The van der Waals surface area contributed by atoms with Gasteiger partial charge in [0.2, 0.25) is 9.84 Å². The first kappa shape index (κ1) is 48.9. The summed E-state index contributed by atoms with van der Waals surface area (Å²) in [5, 5.41) is 42.7. The van der Waals surface area contributed by atoms with Crippen molar-refractivity contribution in [3.63, 3.8) is 0 Å². The first-order chi connectivity index (χ1) is 27.4. The van der Waals surface area contributed by atoms with Crippen molar-refractivity contribution in [3.05, 3.63) is 53.3 Å². The summed E-state index contributed by atoms with van der Waals surface area (Å²) in [6.45, 7) is 16.1. The number of likely N-dealkylation sites (tertiary alicyclic amines) is 3. The fourth-order valence-corrected chi connectivity index (χ4v) is 14.3. The lowest BCUT2D eigenvalue weighted by Crippen LogP contribution is -2.64. The van der Waals surface area contributed by atoms with E-state index in [4.69, 9.17) is 0 Å². The van der Waals surface area contributed by atoms with Crippen LogP contribution in [0, 0.1) is 0 Å². The Balaban J connectivity index is 0.000000390. The highest BCUT2D eigenvalue weighted by Crippen LogP contribution is 2.42. The Morgan fingerprint density at radius 2 is 1.29 bits per heavy atom. The van der Waals surface area contributed by atoms with Crippen LogP contribution in [0.5, 0.6) is 0 Å². The first-order valence-electron chi connectivity index (χ1n) is 21.1. The van der Waals surface area contributed by atoms with Crippen LogP contribution < -0.4 is 5.32 Å². The topological polar surface area (TPSA) is 205 Å². The number of hydrogen-bond donors (Lipinski definition) is 5. The fraction of sp³-hybridized carbons (Fsp3) is 0.756. The summed E-state index contributed by atoms with van der Waals surface area (Å²) >= 11 is 0. The molecule has 4 unspecified atom stereocenters. The summed E-state index contributed by atoms with van der Waals surface area (Å²) < 4.78 is 81.3. The summed E-state index contributed by atoms with van der Waals surface area (Å²) in [5.41, 5.74) is 0. The van der Waals surface area contributed by atoms with Gasteiger partial charge in [-0.25, -0.2) is 25.3 Å². The first-order valence-corrected chi connectivity index (χ1v) is 25.8. The molecule has 0 bridgehead atoms. The molecule has 58 heavy (non-hydrogen) atoms. The molecule has 1 aromatic carbocycles. The highest BCUT2D eigenvalue weighted by Gasteiger charge is 2.55. The van der Waals surface area contributed by atoms with Gasteiger partial charge in [0.15, 0.2) is 19.7 Å². The molecule has 1 aromatic rings. The molecule has 4 fully saturated rings. The van der Waals surface area contributed by atoms with Gasteiger partial charge in [-0.05, 0) is 89.3 Å². The molecule has 0 saturated carbocycles. The Labute approximate surface area is 348 Å². The van der Waals surface area contributed by atoms with Crippen molar-refractivity contribution in [3.8, 4) is 0 Å². The van der Waals surface area contributed by atoms with Gasteiger partial charge in [-0.2, -0.15) is 0 Å². The van der Waals surface area contributed by atoms with E-state index in [1.807, 2.05) is 23.6 Å². The molecule has 5 N–H and O–H groups in total. The fourth-order valence-electron chi connectivity index (χ4n) is 8.75. The molecule has 332 valence electrons. The molecular weight excluding hydrogens is 805 g/mol. The quantitative estimate of drug-likeness (QED) is 0.153. The SMILES string of the molecule is C=C(CC(CCN1CCC(O)CC1)(N1CCC(O)CC1)S(=O)(=O)C(CC)C1CC(O)CCN1)S(=O)(=O)c1ccccc1.C=C(CN1CCC(O)CC1)S(=O)(=O)CCC. The molecule has 0 aromatic heterocycles. The van der Waals surface area contributed by atoms with Crippen molar-refractivity contribution >= 4 is 29.5 Å². The van der Waals surface area contributed by atoms with E-state index in [0.717, 1.165) is 25.9 Å². The van der Waals surface area contributed by atoms with E-state index in [9.17, 15) is 37.3 Å².